The lowest BCUT2D eigenvalue weighted by Gasteiger charge is -2.16. The first kappa shape index (κ1) is 20.7. The van der Waals surface area contributed by atoms with Crippen molar-refractivity contribution >= 4 is 11.4 Å². The van der Waals surface area contributed by atoms with E-state index in [0.29, 0.717) is 0 Å². The van der Waals surface area contributed by atoms with Crippen molar-refractivity contribution in [3.8, 4) is 22.4 Å². The van der Waals surface area contributed by atoms with Crippen molar-refractivity contribution in [1.82, 2.24) is 4.57 Å². The van der Waals surface area contributed by atoms with Gasteiger partial charge in [-0.25, -0.2) is 4.39 Å². The fraction of sp³-hybridized carbons (Fsp3) is 0.143. The number of anilines is 1. The summed E-state index contributed by atoms with van der Waals surface area (Å²) < 4.78 is 15.9. The number of benzene rings is 3. The first-order chi connectivity index (χ1) is 15.0. The predicted molar refractivity (Wildman–Crippen MR) is 129 cm³/mol. The minimum absolute atomic E-state index is 0.237. The number of nitrogens with zero attached hydrogens (tertiary/aromatic N) is 1. The molecule has 1 heterocycles. The third kappa shape index (κ3) is 4.04. The molecule has 0 radical (unpaired) electrons. The van der Waals surface area contributed by atoms with Gasteiger partial charge in [-0.2, -0.15) is 0 Å². The normalized spacial score (nSPS) is 11.0. The van der Waals surface area contributed by atoms with Crippen molar-refractivity contribution < 1.29 is 4.39 Å². The van der Waals surface area contributed by atoms with Gasteiger partial charge < -0.3 is 9.88 Å². The van der Waals surface area contributed by atoms with Gasteiger partial charge in [0.2, 0.25) is 0 Å². The average Bonchev–Trinajstić information content (AvgIpc) is 3.09. The van der Waals surface area contributed by atoms with Crippen LogP contribution in [0.1, 0.15) is 31.0 Å². The molecule has 2 nitrogen and oxygen atoms in total. The fourth-order valence-electron chi connectivity index (χ4n) is 4.27. The number of nitrogens with one attached hydrogen (secondary N) is 1. The van der Waals surface area contributed by atoms with E-state index in [1.165, 1.54) is 17.8 Å². The van der Waals surface area contributed by atoms with Crippen LogP contribution in [0, 0.1) is 5.82 Å². The monoisotopic (exact) mass is 410 g/mol. The Hall–Kier alpha value is -3.59. The molecule has 156 valence electrons. The van der Waals surface area contributed by atoms with E-state index in [2.05, 4.69) is 49.5 Å². The van der Waals surface area contributed by atoms with E-state index in [4.69, 9.17) is 0 Å². The second kappa shape index (κ2) is 8.65. The van der Waals surface area contributed by atoms with Crippen LogP contribution in [0.25, 0.3) is 28.1 Å². The quantitative estimate of drug-likeness (QED) is 0.344. The predicted octanol–water partition coefficient (Wildman–Crippen LogP) is 7.70. The smallest absolute Gasteiger partial charge is 0.123 e. The molecule has 0 amide bonds. The van der Waals surface area contributed by atoms with Gasteiger partial charge in [-0.3, -0.25) is 0 Å². The summed E-state index contributed by atoms with van der Waals surface area (Å²) in [6.07, 6.45) is 0. The number of rotatable bonds is 6. The first-order valence-electron chi connectivity index (χ1n) is 10.5. The van der Waals surface area contributed by atoms with Gasteiger partial charge in [0.05, 0.1) is 5.69 Å². The Morgan fingerprint density at radius 2 is 1.42 bits per heavy atom. The highest BCUT2D eigenvalue weighted by Gasteiger charge is 2.26. The highest BCUT2D eigenvalue weighted by molar-refractivity contribution is 5.95. The molecule has 0 aliphatic heterocycles. The molecule has 0 saturated heterocycles. The Bertz CT molecular complexity index is 1190. The molecule has 0 saturated carbocycles. The van der Waals surface area contributed by atoms with Crippen LogP contribution in [-0.4, -0.2) is 4.57 Å². The molecule has 31 heavy (non-hydrogen) atoms. The number of hydrogen-bond donors (Lipinski definition) is 1. The lowest BCUT2D eigenvalue weighted by molar-refractivity contribution is 0.628. The van der Waals surface area contributed by atoms with E-state index >= 15 is 0 Å². The molecular formula is C28H27FN2. The van der Waals surface area contributed by atoms with E-state index in [-0.39, 0.29) is 11.7 Å². The molecule has 3 heteroatoms. The van der Waals surface area contributed by atoms with Crippen LogP contribution in [0.4, 0.5) is 10.1 Å². The number of aromatic nitrogens is 1. The van der Waals surface area contributed by atoms with Crippen molar-refractivity contribution in [2.24, 2.45) is 7.05 Å². The summed E-state index contributed by atoms with van der Waals surface area (Å²) in [6, 6.07) is 27.1. The Kier molecular flexibility index (Phi) is 5.77. The molecule has 1 aromatic heterocycles. The molecule has 4 aromatic rings. The number of halogens is 1. The molecule has 0 bridgehead atoms. The second-order valence-corrected chi connectivity index (χ2v) is 8.04. The Morgan fingerprint density at radius 3 is 2.00 bits per heavy atom. The lowest BCUT2D eigenvalue weighted by Crippen LogP contribution is -2.05. The standard InChI is InChI=1S/C28H27FN2/c1-19(2)27-25(20(3)30-24-13-9-6-10-14-24)26(21-11-7-5-8-12-21)28(31(27)4)22-15-17-23(29)18-16-22/h5-19,30H,3H2,1-2,4H3. The maximum Gasteiger partial charge on any atom is 0.123 e. The van der Waals surface area contributed by atoms with Gasteiger partial charge in [0.25, 0.3) is 0 Å². The van der Waals surface area contributed by atoms with Crippen LogP contribution in [-0.2, 0) is 7.05 Å². The minimum Gasteiger partial charge on any atom is -0.355 e. The molecule has 0 fully saturated rings. The Balaban J connectivity index is 1.99. The van der Waals surface area contributed by atoms with Gasteiger partial charge in [-0.15, -0.1) is 0 Å². The lowest BCUT2D eigenvalue weighted by atomic mass is 9.93. The Morgan fingerprint density at radius 1 is 0.839 bits per heavy atom. The van der Waals surface area contributed by atoms with Gasteiger partial charge in [-0.1, -0.05) is 69.0 Å². The largest absolute Gasteiger partial charge is 0.355 e. The van der Waals surface area contributed by atoms with E-state index in [1.807, 2.05) is 60.7 Å². The van der Waals surface area contributed by atoms with Crippen molar-refractivity contribution in [3.63, 3.8) is 0 Å². The van der Waals surface area contributed by atoms with E-state index in [9.17, 15) is 4.39 Å². The average molecular weight is 411 g/mol. The molecule has 0 aliphatic rings. The Labute approximate surface area is 183 Å². The summed E-state index contributed by atoms with van der Waals surface area (Å²) in [5, 5.41) is 3.50. The zero-order valence-corrected chi connectivity index (χ0v) is 18.2. The highest BCUT2D eigenvalue weighted by Crippen LogP contribution is 2.44. The zero-order chi connectivity index (χ0) is 22.0. The maximum atomic E-state index is 13.7. The van der Waals surface area contributed by atoms with Crippen molar-refractivity contribution in [2.75, 3.05) is 5.32 Å². The van der Waals surface area contributed by atoms with Crippen molar-refractivity contribution in [1.29, 1.82) is 0 Å². The number of para-hydroxylation sites is 1. The molecular weight excluding hydrogens is 383 g/mol. The van der Waals surface area contributed by atoms with Crippen LogP contribution < -0.4 is 5.32 Å². The van der Waals surface area contributed by atoms with Crippen molar-refractivity contribution in [3.05, 3.63) is 109 Å². The third-order valence-corrected chi connectivity index (χ3v) is 5.54. The maximum absolute atomic E-state index is 13.7. The van der Waals surface area contributed by atoms with Crippen LogP contribution in [0.2, 0.25) is 0 Å². The second-order valence-electron chi connectivity index (χ2n) is 8.04. The van der Waals surface area contributed by atoms with Gasteiger partial charge in [0.1, 0.15) is 5.82 Å². The topological polar surface area (TPSA) is 17.0 Å². The molecule has 1 N–H and O–H groups in total. The highest BCUT2D eigenvalue weighted by atomic mass is 19.1. The van der Waals surface area contributed by atoms with Gasteiger partial charge in [-0.05, 0) is 53.4 Å². The van der Waals surface area contributed by atoms with Crippen LogP contribution in [0.3, 0.4) is 0 Å². The molecule has 3 aromatic carbocycles. The van der Waals surface area contributed by atoms with Crippen LogP contribution in [0.15, 0.2) is 91.5 Å². The van der Waals surface area contributed by atoms with Crippen LogP contribution >= 0.6 is 0 Å². The van der Waals surface area contributed by atoms with Gasteiger partial charge in [0, 0.05) is 35.3 Å². The SMILES string of the molecule is C=C(Nc1ccccc1)c1c(-c2ccccc2)c(-c2ccc(F)cc2)n(C)c1C(C)C. The summed E-state index contributed by atoms with van der Waals surface area (Å²) >= 11 is 0. The summed E-state index contributed by atoms with van der Waals surface area (Å²) in [5.74, 6) is 0.0321. The zero-order valence-electron chi connectivity index (χ0n) is 18.2. The van der Waals surface area contributed by atoms with E-state index in [1.54, 1.807) is 0 Å². The first-order valence-corrected chi connectivity index (χ1v) is 10.5. The summed E-state index contributed by atoms with van der Waals surface area (Å²) in [7, 11) is 2.08. The summed E-state index contributed by atoms with van der Waals surface area (Å²) in [6.45, 7) is 8.81. The fourth-order valence-corrected chi connectivity index (χ4v) is 4.27. The molecule has 0 unspecified atom stereocenters. The van der Waals surface area contributed by atoms with Crippen molar-refractivity contribution in [2.45, 2.75) is 19.8 Å². The van der Waals surface area contributed by atoms with Gasteiger partial charge >= 0.3 is 0 Å². The summed E-state index contributed by atoms with van der Waals surface area (Å²) in [4.78, 5) is 0. The third-order valence-electron chi connectivity index (χ3n) is 5.54. The molecule has 4 rings (SSSR count). The van der Waals surface area contributed by atoms with E-state index < -0.39 is 0 Å². The number of hydrogen-bond acceptors (Lipinski definition) is 1. The van der Waals surface area contributed by atoms with E-state index in [0.717, 1.165) is 39.3 Å². The van der Waals surface area contributed by atoms with Crippen LogP contribution in [0.5, 0.6) is 0 Å². The summed E-state index contributed by atoms with van der Waals surface area (Å²) in [5.41, 5.74) is 8.36. The molecule has 0 atom stereocenters. The molecule has 0 aliphatic carbocycles. The van der Waals surface area contributed by atoms with Gasteiger partial charge in [0.15, 0.2) is 0 Å². The minimum atomic E-state index is -0.237. The molecule has 0 spiro atoms.